The highest BCUT2D eigenvalue weighted by Gasteiger charge is 2.13. The molecule has 0 saturated carbocycles. The molecule has 0 aromatic heterocycles. The third-order valence-electron chi connectivity index (χ3n) is 2.87. The van der Waals surface area contributed by atoms with Gasteiger partial charge in [0.15, 0.2) is 0 Å². The lowest BCUT2D eigenvalue weighted by molar-refractivity contribution is 0.403. The quantitative estimate of drug-likeness (QED) is 0.637. The summed E-state index contributed by atoms with van der Waals surface area (Å²) in [5.41, 5.74) is 1.34. The molecule has 0 radical (unpaired) electrons. The molecule has 1 atom stereocenters. The summed E-state index contributed by atoms with van der Waals surface area (Å²) in [6, 6.07) is 8.35. The highest BCUT2D eigenvalue weighted by molar-refractivity contribution is 5.36. The van der Waals surface area contributed by atoms with Gasteiger partial charge < -0.3 is 4.74 Å². The molecule has 0 heterocycles. The third kappa shape index (κ3) is 3.41. The van der Waals surface area contributed by atoms with Crippen molar-refractivity contribution < 1.29 is 4.74 Å². The average Bonchev–Trinajstić information content (AvgIpc) is 2.34. The number of para-hydroxylation sites is 1. The van der Waals surface area contributed by atoms with Gasteiger partial charge in [0.25, 0.3) is 0 Å². The normalized spacial score (nSPS) is 12.9. The van der Waals surface area contributed by atoms with Gasteiger partial charge in [-0.25, -0.2) is 0 Å². The predicted molar refractivity (Wildman–Crippen MR) is 70.1 cm³/mol. The van der Waals surface area contributed by atoms with Crippen molar-refractivity contribution in [3.63, 3.8) is 0 Å². The largest absolute Gasteiger partial charge is 0.496 e. The van der Waals surface area contributed by atoms with Gasteiger partial charge in [-0.15, -0.1) is 0 Å². The number of benzene rings is 1. The van der Waals surface area contributed by atoms with Crippen molar-refractivity contribution >= 4 is 0 Å². The zero-order valence-corrected chi connectivity index (χ0v) is 10.6. The van der Waals surface area contributed by atoms with E-state index < -0.39 is 0 Å². The number of allylic oxidation sites excluding steroid dienone is 2. The SMILES string of the molecule is C/C=C/CC(CCC)c1ccccc1OC. The second-order valence-corrected chi connectivity index (χ2v) is 4.03. The standard InChI is InChI=1S/C15H22O/c1-4-6-10-13(9-5-2)14-11-7-8-12-15(14)16-3/h4,6-8,11-13H,5,9-10H2,1-3H3/b6-4+. The number of rotatable bonds is 6. The van der Waals surface area contributed by atoms with Crippen LogP contribution in [0.3, 0.4) is 0 Å². The van der Waals surface area contributed by atoms with E-state index in [0.29, 0.717) is 5.92 Å². The van der Waals surface area contributed by atoms with Crippen LogP contribution in [0.5, 0.6) is 5.75 Å². The van der Waals surface area contributed by atoms with Crippen LogP contribution in [0.25, 0.3) is 0 Å². The minimum absolute atomic E-state index is 0.581. The van der Waals surface area contributed by atoms with E-state index in [-0.39, 0.29) is 0 Å². The fourth-order valence-electron chi connectivity index (χ4n) is 2.05. The van der Waals surface area contributed by atoms with Crippen LogP contribution in [-0.2, 0) is 0 Å². The van der Waals surface area contributed by atoms with Crippen LogP contribution in [0.2, 0.25) is 0 Å². The number of hydrogen-bond acceptors (Lipinski definition) is 1. The molecule has 0 saturated heterocycles. The molecule has 1 aromatic carbocycles. The Labute approximate surface area is 99.1 Å². The Morgan fingerprint density at radius 3 is 2.69 bits per heavy atom. The summed E-state index contributed by atoms with van der Waals surface area (Å²) in [6.45, 7) is 4.31. The van der Waals surface area contributed by atoms with Gasteiger partial charge in [0.05, 0.1) is 7.11 Å². The lowest BCUT2D eigenvalue weighted by atomic mass is 9.90. The lowest BCUT2D eigenvalue weighted by Crippen LogP contribution is -2.00. The second kappa shape index (κ2) is 7.10. The van der Waals surface area contributed by atoms with E-state index in [1.165, 1.54) is 18.4 Å². The Morgan fingerprint density at radius 1 is 1.31 bits per heavy atom. The fraction of sp³-hybridized carbons (Fsp3) is 0.467. The summed E-state index contributed by atoms with van der Waals surface area (Å²) in [5.74, 6) is 1.60. The Balaban J connectivity index is 2.90. The number of hydrogen-bond donors (Lipinski definition) is 0. The zero-order chi connectivity index (χ0) is 11.8. The van der Waals surface area contributed by atoms with Crippen molar-refractivity contribution in [1.82, 2.24) is 0 Å². The Kier molecular flexibility index (Phi) is 5.69. The molecule has 0 fully saturated rings. The summed E-state index contributed by atoms with van der Waals surface area (Å²) in [4.78, 5) is 0. The summed E-state index contributed by atoms with van der Waals surface area (Å²) in [7, 11) is 1.75. The molecule has 0 amide bonds. The van der Waals surface area contributed by atoms with Gasteiger partial charge in [-0.2, -0.15) is 0 Å². The summed E-state index contributed by atoms with van der Waals surface area (Å²) >= 11 is 0. The van der Waals surface area contributed by atoms with Crippen LogP contribution >= 0.6 is 0 Å². The molecule has 0 spiro atoms. The smallest absolute Gasteiger partial charge is 0.122 e. The van der Waals surface area contributed by atoms with E-state index in [1.54, 1.807) is 7.11 Å². The van der Waals surface area contributed by atoms with Crippen LogP contribution in [-0.4, -0.2) is 7.11 Å². The zero-order valence-electron chi connectivity index (χ0n) is 10.6. The first-order valence-electron chi connectivity index (χ1n) is 6.07. The fourth-order valence-corrected chi connectivity index (χ4v) is 2.05. The van der Waals surface area contributed by atoms with E-state index in [4.69, 9.17) is 4.74 Å². The van der Waals surface area contributed by atoms with Crippen LogP contribution < -0.4 is 4.74 Å². The topological polar surface area (TPSA) is 9.23 Å². The minimum Gasteiger partial charge on any atom is -0.496 e. The Bertz CT molecular complexity index is 328. The monoisotopic (exact) mass is 218 g/mol. The molecular weight excluding hydrogens is 196 g/mol. The molecule has 1 unspecified atom stereocenters. The van der Waals surface area contributed by atoms with Gasteiger partial charge in [-0.3, -0.25) is 0 Å². The first-order valence-corrected chi connectivity index (χ1v) is 6.07. The van der Waals surface area contributed by atoms with Crippen LogP contribution in [0.15, 0.2) is 36.4 Å². The maximum atomic E-state index is 5.43. The molecule has 1 aromatic rings. The van der Waals surface area contributed by atoms with E-state index in [1.807, 2.05) is 12.1 Å². The van der Waals surface area contributed by atoms with Gasteiger partial charge in [-0.05, 0) is 37.3 Å². The van der Waals surface area contributed by atoms with E-state index in [2.05, 4.69) is 38.1 Å². The Morgan fingerprint density at radius 2 is 2.06 bits per heavy atom. The minimum atomic E-state index is 0.581. The van der Waals surface area contributed by atoms with Gasteiger partial charge >= 0.3 is 0 Å². The third-order valence-corrected chi connectivity index (χ3v) is 2.87. The molecule has 1 nitrogen and oxygen atoms in total. The van der Waals surface area contributed by atoms with Crippen LogP contribution in [0.1, 0.15) is 44.6 Å². The highest BCUT2D eigenvalue weighted by atomic mass is 16.5. The maximum absolute atomic E-state index is 5.43. The van der Waals surface area contributed by atoms with Crippen molar-refractivity contribution in [2.24, 2.45) is 0 Å². The first kappa shape index (κ1) is 12.8. The van der Waals surface area contributed by atoms with Crippen molar-refractivity contribution in [2.75, 3.05) is 7.11 Å². The molecule has 0 bridgehead atoms. The molecule has 0 aliphatic heterocycles. The average molecular weight is 218 g/mol. The summed E-state index contributed by atoms with van der Waals surface area (Å²) in [6.07, 6.45) is 7.89. The van der Waals surface area contributed by atoms with E-state index >= 15 is 0 Å². The predicted octanol–water partition coefficient (Wildman–Crippen LogP) is 4.55. The second-order valence-electron chi connectivity index (χ2n) is 4.03. The van der Waals surface area contributed by atoms with Gasteiger partial charge in [0.1, 0.15) is 5.75 Å². The van der Waals surface area contributed by atoms with Crippen molar-refractivity contribution in [3.05, 3.63) is 42.0 Å². The summed E-state index contributed by atoms with van der Waals surface area (Å²) in [5, 5.41) is 0. The van der Waals surface area contributed by atoms with Crippen molar-refractivity contribution in [1.29, 1.82) is 0 Å². The molecular formula is C15H22O. The molecule has 88 valence electrons. The summed E-state index contributed by atoms with van der Waals surface area (Å²) < 4.78 is 5.43. The first-order chi connectivity index (χ1) is 7.83. The van der Waals surface area contributed by atoms with E-state index in [0.717, 1.165) is 12.2 Å². The van der Waals surface area contributed by atoms with Gasteiger partial charge in [0.2, 0.25) is 0 Å². The number of ether oxygens (including phenoxy) is 1. The van der Waals surface area contributed by atoms with E-state index in [9.17, 15) is 0 Å². The lowest BCUT2D eigenvalue weighted by Gasteiger charge is -2.17. The Hall–Kier alpha value is -1.24. The molecule has 1 rings (SSSR count). The van der Waals surface area contributed by atoms with Crippen LogP contribution in [0.4, 0.5) is 0 Å². The van der Waals surface area contributed by atoms with Gasteiger partial charge in [0, 0.05) is 0 Å². The van der Waals surface area contributed by atoms with Crippen LogP contribution in [0, 0.1) is 0 Å². The molecule has 1 heteroatoms. The van der Waals surface area contributed by atoms with Crippen molar-refractivity contribution in [3.8, 4) is 5.75 Å². The highest BCUT2D eigenvalue weighted by Crippen LogP contribution is 2.32. The van der Waals surface area contributed by atoms with Crippen molar-refractivity contribution in [2.45, 2.75) is 39.0 Å². The molecule has 0 N–H and O–H groups in total. The maximum Gasteiger partial charge on any atom is 0.122 e. The molecule has 0 aliphatic rings. The molecule has 16 heavy (non-hydrogen) atoms. The van der Waals surface area contributed by atoms with Gasteiger partial charge in [-0.1, -0.05) is 43.7 Å². The molecule has 0 aliphatic carbocycles. The number of methoxy groups -OCH3 is 1.